The lowest BCUT2D eigenvalue weighted by Gasteiger charge is -2.06. The van der Waals surface area contributed by atoms with Gasteiger partial charge in [-0.3, -0.25) is 9.48 Å². The standard InChI is InChI=1S/C11H12N4O3S/c1-7-6-19-10(11(17)18)9(7)13-8(16)2-4-15-5-3-12-14-15/h3,5-6H,2,4H2,1H3,(H,13,16)(H,17,18). The van der Waals surface area contributed by atoms with E-state index in [2.05, 4.69) is 15.6 Å². The van der Waals surface area contributed by atoms with Crippen molar-refractivity contribution in [2.45, 2.75) is 19.9 Å². The number of hydrogen-bond donors (Lipinski definition) is 2. The lowest BCUT2D eigenvalue weighted by molar-refractivity contribution is -0.116. The van der Waals surface area contributed by atoms with E-state index < -0.39 is 5.97 Å². The first-order valence-corrected chi connectivity index (χ1v) is 6.41. The van der Waals surface area contributed by atoms with Crippen molar-refractivity contribution in [3.8, 4) is 0 Å². The van der Waals surface area contributed by atoms with E-state index in [-0.39, 0.29) is 17.2 Å². The molecular weight excluding hydrogens is 268 g/mol. The molecule has 7 nitrogen and oxygen atoms in total. The van der Waals surface area contributed by atoms with Gasteiger partial charge in [0.05, 0.1) is 18.4 Å². The molecule has 0 saturated carbocycles. The Morgan fingerprint density at radius 2 is 2.32 bits per heavy atom. The second-order valence-corrected chi connectivity index (χ2v) is 4.77. The van der Waals surface area contributed by atoms with Crippen molar-refractivity contribution in [2.75, 3.05) is 5.32 Å². The zero-order valence-corrected chi connectivity index (χ0v) is 11.0. The van der Waals surface area contributed by atoms with Crippen LogP contribution in [0.5, 0.6) is 0 Å². The molecule has 0 unspecified atom stereocenters. The molecule has 19 heavy (non-hydrogen) atoms. The Kier molecular flexibility index (Phi) is 3.91. The summed E-state index contributed by atoms with van der Waals surface area (Å²) in [6.45, 7) is 2.16. The van der Waals surface area contributed by atoms with Crippen molar-refractivity contribution in [3.63, 3.8) is 0 Å². The van der Waals surface area contributed by atoms with Gasteiger partial charge in [0.1, 0.15) is 4.88 Å². The van der Waals surface area contributed by atoms with Gasteiger partial charge in [-0.1, -0.05) is 5.21 Å². The Morgan fingerprint density at radius 3 is 2.95 bits per heavy atom. The van der Waals surface area contributed by atoms with Crippen molar-refractivity contribution >= 4 is 28.9 Å². The number of carboxylic acids is 1. The van der Waals surface area contributed by atoms with Crippen LogP contribution in [0.3, 0.4) is 0 Å². The quantitative estimate of drug-likeness (QED) is 0.862. The molecule has 1 amide bonds. The average molecular weight is 280 g/mol. The topological polar surface area (TPSA) is 97.1 Å². The molecule has 8 heteroatoms. The first kappa shape index (κ1) is 13.2. The van der Waals surface area contributed by atoms with Crippen LogP contribution in [0.25, 0.3) is 0 Å². The molecular formula is C11H12N4O3S. The van der Waals surface area contributed by atoms with Crippen molar-refractivity contribution in [3.05, 3.63) is 28.2 Å². The molecule has 2 aromatic heterocycles. The summed E-state index contributed by atoms with van der Waals surface area (Å²) in [5.74, 6) is -1.29. The molecule has 2 heterocycles. The smallest absolute Gasteiger partial charge is 0.348 e. The first-order valence-electron chi connectivity index (χ1n) is 5.53. The maximum absolute atomic E-state index is 11.8. The highest BCUT2D eigenvalue weighted by molar-refractivity contribution is 7.12. The van der Waals surface area contributed by atoms with Gasteiger partial charge in [-0.2, -0.15) is 0 Å². The number of nitrogens with one attached hydrogen (secondary N) is 1. The molecule has 0 aliphatic rings. The number of amides is 1. The van der Waals surface area contributed by atoms with Crippen molar-refractivity contribution < 1.29 is 14.7 Å². The predicted molar refractivity (Wildman–Crippen MR) is 69.3 cm³/mol. The minimum atomic E-state index is -1.04. The summed E-state index contributed by atoms with van der Waals surface area (Å²) in [6, 6.07) is 0. The molecule has 2 aromatic rings. The Balaban J connectivity index is 1.99. The van der Waals surface area contributed by atoms with Crippen LogP contribution in [-0.2, 0) is 11.3 Å². The average Bonchev–Trinajstić information content (AvgIpc) is 2.98. The molecule has 0 aliphatic carbocycles. The molecule has 0 radical (unpaired) electrons. The molecule has 100 valence electrons. The molecule has 0 aromatic carbocycles. The number of anilines is 1. The zero-order valence-electron chi connectivity index (χ0n) is 10.2. The number of hydrogen-bond acceptors (Lipinski definition) is 5. The molecule has 0 atom stereocenters. The largest absolute Gasteiger partial charge is 0.477 e. The number of aromatic carboxylic acids is 1. The van der Waals surface area contributed by atoms with Crippen LogP contribution >= 0.6 is 11.3 Å². The summed E-state index contributed by atoms with van der Waals surface area (Å²) in [7, 11) is 0. The molecule has 2 N–H and O–H groups in total. The third kappa shape index (κ3) is 3.16. The zero-order chi connectivity index (χ0) is 13.8. The first-order chi connectivity index (χ1) is 9.08. The highest BCUT2D eigenvalue weighted by atomic mass is 32.1. The number of aryl methyl sites for hydroxylation is 2. The van der Waals surface area contributed by atoms with Crippen molar-refractivity contribution in [1.82, 2.24) is 15.0 Å². The van der Waals surface area contributed by atoms with Crippen LogP contribution < -0.4 is 5.32 Å². The van der Waals surface area contributed by atoms with Gasteiger partial charge in [-0.05, 0) is 17.9 Å². The lowest BCUT2D eigenvalue weighted by atomic mass is 10.2. The Morgan fingerprint density at radius 1 is 1.53 bits per heavy atom. The molecule has 0 bridgehead atoms. The second kappa shape index (κ2) is 5.61. The number of nitrogens with zero attached hydrogens (tertiary/aromatic N) is 3. The van der Waals surface area contributed by atoms with Crippen LogP contribution in [0.2, 0.25) is 0 Å². The van der Waals surface area contributed by atoms with Crippen LogP contribution in [-0.4, -0.2) is 32.0 Å². The molecule has 2 rings (SSSR count). The van der Waals surface area contributed by atoms with Gasteiger partial charge in [-0.25, -0.2) is 4.79 Å². The van der Waals surface area contributed by atoms with Crippen LogP contribution in [0, 0.1) is 6.92 Å². The number of carboxylic acid groups (broad SMARTS) is 1. The number of aromatic nitrogens is 3. The van der Waals surface area contributed by atoms with Crippen LogP contribution in [0.1, 0.15) is 21.7 Å². The summed E-state index contributed by atoms with van der Waals surface area (Å²) in [5.41, 5.74) is 1.12. The maximum Gasteiger partial charge on any atom is 0.348 e. The minimum absolute atomic E-state index is 0.145. The van der Waals surface area contributed by atoms with E-state index >= 15 is 0 Å². The SMILES string of the molecule is Cc1csc(C(=O)O)c1NC(=O)CCn1ccnn1. The lowest BCUT2D eigenvalue weighted by Crippen LogP contribution is -2.16. The van der Waals surface area contributed by atoms with Gasteiger partial charge in [0.2, 0.25) is 5.91 Å². The van der Waals surface area contributed by atoms with Gasteiger partial charge < -0.3 is 10.4 Å². The van der Waals surface area contributed by atoms with Crippen molar-refractivity contribution in [2.24, 2.45) is 0 Å². The molecule has 0 spiro atoms. The third-order valence-electron chi connectivity index (χ3n) is 2.47. The van der Waals surface area contributed by atoms with E-state index in [1.807, 2.05) is 0 Å². The minimum Gasteiger partial charge on any atom is -0.477 e. The maximum atomic E-state index is 11.8. The van der Waals surface area contributed by atoms with E-state index in [9.17, 15) is 9.59 Å². The van der Waals surface area contributed by atoms with Crippen LogP contribution in [0.15, 0.2) is 17.8 Å². The molecule has 0 aliphatic heterocycles. The second-order valence-electron chi connectivity index (χ2n) is 3.89. The van der Waals surface area contributed by atoms with Crippen molar-refractivity contribution in [1.29, 1.82) is 0 Å². The Bertz CT molecular complexity index is 591. The van der Waals surface area contributed by atoms with Crippen LogP contribution in [0.4, 0.5) is 5.69 Å². The molecule has 0 saturated heterocycles. The highest BCUT2D eigenvalue weighted by Gasteiger charge is 2.17. The summed E-state index contributed by atoms with van der Waals surface area (Å²) in [5, 5.41) is 20.7. The normalized spacial score (nSPS) is 10.4. The van der Waals surface area contributed by atoms with E-state index in [0.29, 0.717) is 12.2 Å². The van der Waals surface area contributed by atoms with Gasteiger partial charge >= 0.3 is 5.97 Å². The fourth-order valence-corrected chi connectivity index (χ4v) is 2.37. The highest BCUT2D eigenvalue weighted by Crippen LogP contribution is 2.27. The predicted octanol–water partition coefficient (Wildman–Crippen LogP) is 1.38. The monoisotopic (exact) mass is 280 g/mol. The number of carbonyl (C=O) groups excluding carboxylic acids is 1. The molecule has 0 fully saturated rings. The van der Waals surface area contributed by atoms with Gasteiger partial charge in [0, 0.05) is 12.6 Å². The van der Waals surface area contributed by atoms with E-state index in [1.165, 1.54) is 10.9 Å². The summed E-state index contributed by atoms with van der Waals surface area (Å²) in [6.07, 6.45) is 3.40. The van der Waals surface area contributed by atoms with Gasteiger partial charge in [0.15, 0.2) is 0 Å². The fourth-order valence-electron chi connectivity index (χ4n) is 1.53. The van der Waals surface area contributed by atoms with E-state index in [4.69, 9.17) is 5.11 Å². The summed E-state index contributed by atoms with van der Waals surface area (Å²) >= 11 is 1.10. The Hall–Kier alpha value is -2.22. The summed E-state index contributed by atoms with van der Waals surface area (Å²) in [4.78, 5) is 22.9. The number of thiophene rings is 1. The van der Waals surface area contributed by atoms with E-state index in [0.717, 1.165) is 16.9 Å². The Labute approximate surface area is 112 Å². The van der Waals surface area contributed by atoms with Gasteiger partial charge in [0.25, 0.3) is 0 Å². The summed E-state index contributed by atoms with van der Waals surface area (Å²) < 4.78 is 1.54. The third-order valence-corrected chi connectivity index (χ3v) is 3.56. The number of rotatable bonds is 5. The fraction of sp³-hybridized carbons (Fsp3) is 0.273. The van der Waals surface area contributed by atoms with E-state index in [1.54, 1.807) is 18.5 Å². The van der Waals surface area contributed by atoms with Gasteiger partial charge in [-0.15, -0.1) is 16.4 Å². The number of carbonyl (C=O) groups is 2.